The van der Waals surface area contributed by atoms with E-state index in [1.165, 1.54) is 49.6 Å². The van der Waals surface area contributed by atoms with E-state index in [2.05, 4.69) is 10.6 Å². The standard InChI is InChI=1S/C19H24N6O6S.BrH/c1-31-15-5-2-3-6-16(15)32(29,30)19(22,11-4-12-23-18(20)21)17(26)24-13-7-9-14(10-8-13)25(27)28;/h2-3,5-10H,4,11-12,22H2,1H3,(H,24,26)(H4,20,21,23);1H/t19-;/m1./s1. The predicted molar refractivity (Wildman–Crippen MR) is 128 cm³/mol. The van der Waals surface area contributed by atoms with E-state index in [4.69, 9.17) is 21.6 Å². The van der Waals surface area contributed by atoms with Crippen molar-refractivity contribution in [2.24, 2.45) is 11.5 Å². The fourth-order valence-corrected chi connectivity index (χ4v) is 4.66. The molecule has 0 saturated carbocycles. The van der Waals surface area contributed by atoms with E-state index in [1.54, 1.807) is 6.07 Å². The van der Waals surface area contributed by atoms with Crippen molar-refractivity contribution in [2.75, 3.05) is 19.0 Å². The van der Waals surface area contributed by atoms with Gasteiger partial charge in [0.15, 0.2) is 5.96 Å². The Hall–Kier alpha value is -3.23. The topological polar surface area (TPSA) is 204 Å². The molecule has 0 fully saturated rings. The molecule has 0 saturated heterocycles. The largest absolute Gasteiger partial charge is 0.495 e. The van der Waals surface area contributed by atoms with Crippen molar-refractivity contribution in [3.63, 3.8) is 0 Å². The zero-order chi connectivity index (χ0) is 23.9. The summed E-state index contributed by atoms with van der Waals surface area (Å²) in [4.78, 5) is 20.7. The molecule has 0 aliphatic heterocycles. The Bertz CT molecular complexity index is 1110. The number of nitro groups is 1. The van der Waals surface area contributed by atoms with E-state index in [-0.39, 0.29) is 64.3 Å². The molecule has 2 aromatic rings. The Morgan fingerprint density at radius 2 is 1.82 bits per heavy atom. The molecule has 14 heteroatoms. The number of anilines is 1. The fourth-order valence-electron chi connectivity index (χ4n) is 2.88. The number of halogens is 1. The van der Waals surface area contributed by atoms with Gasteiger partial charge in [0.2, 0.25) is 14.7 Å². The molecule has 2 aromatic carbocycles. The van der Waals surface area contributed by atoms with Crippen LogP contribution < -0.4 is 26.8 Å². The molecule has 7 N–H and O–H groups in total. The van der Waals surface area contributed by atoms with E-state index < -0.39 is 25.5 Å². The minimum atomic E-state index is -4.47. The highest BCUT2D eigenvalue weighted by atomic mass is 79.9. The van der Waals surface area contributed by atoms with Gasteiger partial charge in [0.25, 0.3) is 11.6 Å². The number of benzene rings is 2. The number of nitrogens with two attached hydrogens (primary N) is 2. The van der Waals surface area contributed by atoms with Gasteiger partial charge in [-0.05, 0) is 37.1 Å². The maximum absolute atomic E-state index is 13.5. The second-order valence-corrected chi connectivity index (χ2v) is 8.92. The molecule has 0 aliphatic rings. The van der Waals surface area contributed by atoms with Crippen molar-refractivity contribution in [3.05, 3.63) is 58.6 Å². The van der Waals surface area contributed by atoms with Gasteiger partial charge in [-0.25, -0.2) is 8.42 Å². The van der Waals surface area contributed by atoms with Crippen LogP contribution in [0.1, 0.15) is 12.8 Å². The molecule has 0 bridgehead atoms. The molecule has 1 atom stereocenters. The van der Waals surface area contributed by atoms with Crippen molar-refractivity contribution >= 4 is 50.1 Å². The third kappa shape index (κ3) is 6.40. The number of amides is 1. The van der Waals surface area contributed by atoms with E-state index in [9.17, 15) is 23.3 Å². The van der Waals surface area contributed by atoms with Crippen molar-refractivity contribution in [2.45, 2.75) is 22.6 Å². The summed E-state index contributed by atoms with van der Waals surface area (Å²) >= 11 is 0. The zero-order valence-electron chi connectivity index (χ0n) is 17.6. The lowest BCUT2D eigenvalue weighted by Gasteiger charge is -2.29. The van der Waals surface area contributed by atoms with Crippen LogP contribution in [0, 0.1) is 15.5 Å². The first-order valence-corrected chi connectivity index (χ1v) is 10.8. The highest BCUT2D eigenvalue weighted by Crippen LogP contribution is 2.33. The summed E-state index contributed by atoms with van der Waals surface area (Å²) in [5.41, 5.74) is 11.4. The summed E-state index contributed by atoms with van der Waals surface area (Å²) < 4.78 is 32.1. The molecular formula is C19H25BrN6O6S. The summed E-state index contributed by atoms with van der Waals surface area (Å²) in [6, 6.07) is 10.6. The zero-order valence-corrected chi connectivity index (χ0v) is 20.1. The first-order valence-electron chi connectivity index (χ1n) is 9.33. The van der Waals surface area contributed by atoms with E-state index in [0.29, 0.717) is 0 Å². The van der Waals surface area contributed by atoms with Gasteiger partial charge < -0.3 is 26.8 Å². The Kier molecular flexibility index (Phi) is 9.76. The smallest absolute Gasteiger partial charge is 0.269 e. The van der Waals surface area contributed by atoms with Gasteiger partial charge in [0.05, 0.1) is 12.0 Å². The number of nitrogens with one attached hydrogen (secondary N) is 3. The van der Waals surface area contributed by atoms with Crippen LogP contribution in [0.25, 0.3) is 0 Å². The number of guanidine groups is 1. The molecule has 12 nitrogen and oxygen atoms in total. The normalized spacial score (nSPS) is 12.5. The first-order chi connectivity index (χ1) is 15.0. The number of hydrogen-bond donors (Lipinski definition) is 5. The summed E-state index contributed by atoms with van der Waals surface area (Å²) in [5.74, 6) is -1.32. The average molecular weight is 545 g/mol. The van der Waals surface area contributed by atoms with Crippen molar-refractivity contribution in [3.8, 4) is 5.75 Å². The van der Waals surface area contributed by atoms with E-state index in [1.807, 2.05) is 0 Å². The summed E-state index contributed by atoms with van der Waals surface area (Å²) in [7, 11) is -3.17. The highest BCUT2D eigenvalue weighted by molar-refractivity contribution is 8.93. The molecule has 33 heavy (non-hydrogen) atoms. The Morgan fingerprint density at radius 3 is 2.36 bits per heavy atom. The number of rotatable bonds is 10. The van der Waals surface area contributed by atoms with Crippen molar-refractivity contribution < 1.29 is 22.9 Å². The van der Waals surface area contributed by atoms with Crippen LogP contribution in [0.15, 0.2) is 53.4 Å². The Balaban J connectivity index is 0.00000544. The molecule has 0 spiro atoms. The second-order valence-electron chi connectivity index (χ2n) is 6.75. The number of ether oxygens (including phenoxy) is 1. The van der Waals surface area contributed by atoms with Crippen LogP contribution >= 0.6 is 17.0 Å². The third-order valence-electron chi connectivity index (χ3n) is 4.60. The number of carbonyl (C=O) groups excluding carboxylic acids is 1. The molecule has 0 radical (unpaired) electrons. The van der Waals surface area contributed by atoms with E-state index in [0.717, 1.165) is 0 Å². The maximum Gasteiger partial charge on any atom is 0.269 e. The fraction of sp³-hybridized carbons (Fsp3) is 0.263. The predicted octanol–water partition coefficient (Wildman–Crippen LogP) is 1.51. The molecule has 0 heterocycles. The van der Waals surface area contributed by atoms with Crippen LogP contribution in [-0.4, -0.2) is 43.7 Å². The van der Waals surface area contributed by atoms with Gasteiger partial charge in [-0.3, -0.25) is 20.3 Å². The number of carbonyl (C=O) groups is 1. The summed E-state index contributed by atoms with van der Waals surface area (Å²) in [5, 5.41) is 23.0. The van der Waals surface area contributed by atoms with E-state index >= 15 is 0 Å². The van der Waals surface area contributed by atoms with Gasteiger partial charge in [-0.2, -0.15) is 0 Å². The lowest BCUT2D eigenvalue weighted by Crippen LogP contribution is -2.57. The number of nitro benzene ring substituents is 1. The molecule has 0 aliphatic carbocycles. The van der Waals surface area contributed by atoms with Gasteiger partial charge in [0, 0.05) is 24.4 Å². The number of para-hydroxylation sites is 1. The van der Waals surface area contributed by atoms with Crippen LogP contribution in [-0.2, 0) is 14.6 Å². The number of nitrogens with zero attached hydrogens (tertiary/aromatic N) is 1. The number of non-ortho nitro benzene ring substituents is 1. The highest BCUT2D eigenvalue weighted by Gasteiger charge is 2.48. The van der Waals surface area contributed by atoms with Crippen molar-refractivity contribution in [1.29, 1.82) is 5.41 Å². The lowest BCUT2D eigenvalue weighted by molar-refractivity contribution is -0.384. The molecular weight excluding hydrogens is 520 g/mol. The molecule has 180 valence electrons. The first kappa shape index (κ1) is 27.8. The van der Waals surface area contributed by atoms with Gasteiger partial charge in [0.1, 0.15) is 10.6 Å². The Labute approximate surface area is 201 Å². The second kappa shape index (κ2) is 11.6. The monoisotopic (exact) mass is 544 g/mol. The van der Waals surface area contributed by atoms with Gasteiger partial charge in [-0.15, -0.1) is 17.0 Å². The van der Waals surface area contributed by atoms with Crippen LogP contribution in [0.3, 0.4) is 0 Å². The lowest BCUT2D eigenvalue weighted by atomic mass is 10.1. The Morgan fingerprint density at radius 1 is 1.21 bits per heavy atom. The maximum atomic E-state index is 13.5. The van der Waals surface area contributed by atoms with Crippen molar-refractivity contribution in [1.82, 2.24) is 5.32 Å². The van der Waals surface area contributed by atoms with Gasteiger partial charge >= 0.3 is 0 Å². The van der Waals surface area contributed by atoms with Crippen LogP contribution in [0.5, 0.6) is 5.75 Å². The number of hydrogen-bond acceptors (Lipinski definition) is 8. The summed E-state index contributed by atoms with van der Waals surface area (Å²) in [6.45, 7) is 0.112. The average Bonchev–Trinajstić information content (AvgIpc) is 2.76. The SMILES string of the molecule is Br.COc1ccccc1S(=O)(=O)[C@](N)(CCCNC(=N)N)C(=O)Nc1ccc([N+](=O)[O-])cc1. The van der Waals surface area contributed by atoms with Crippen LogP contribution in [0.4, 0.5) is 11.4 Å². The third-order valence-corrected chi connectivity index (χ3v) is 6.86. The van der Waals surface area contributed by atoms with Gasteiger partial charge in [-0.1, -0.05) is 12.1 Å². The molecule has 2 rings (SSSR count). The summed E-state index contributed by atoms with van der Waals surface area (Å²) in [6.07, 6.45) is -0.218. The minimum Gasteiger partial charge on any atom is -0.495 e. The molecule has 0 unspecified atom stereocenters. The van der Waals surface area contributed by atoms with Crippen LogP contribution in [0.2, 0.25) is 0 Å². The minimum absolute atomic E-state index is 0. The number of methoxy groups -OCH3 is 1. The quantitative estimate of drug-likeness (QED) is 0.0964. The molecule has 1 amide bonds. The molecule has 0 aromatic heterocycles. The number of sulfone groups is 1.